The zero-order valence-electron chi connectivity index (χ0n) is 7.51. The van der Waals surface area contributed by atoms with Crippen LogP contribution in [0.4, 0.5) is 0 Å². The van der Waals surface area contributed by atoms with Crippen LogP contribution in [0.1, 0.15) is 6.42 Å². The molecule has 0 amide bonds. The van der Waals surface area contributed by atoms with E-state index in [1.165, 1.54) is 0 Å². The van der Waals surface area contributed by atoms with Crippen LogP contribution in [0.15, 0.2) is 17.9 Å². The summed E-state index contributed by atoms with van der Waals surface area (Å²) in [5.74, 6) is 0.889. The van der Waals surface area contributed by atoms with E-state index >= 15 is 0 Å². The Morgan fingerprint density at radius 3 is 3.29 bits per heavy atom. The number of nitrogens with zero attached hydrogens (tertiary/aromatic N) is 3. The van der Waals surface area contributed by atoms with Gasteiger partial charge < -0.3 is 4.74 Å². The Labute approximate surface area is 85.2 Å². The summed E-state index contributed by atoms with van der Waals surface area (Å²) in [5, 5.41) is 4.28. The van der Waals surface area contributed by atoms with Gasteiger partial charge in [-0.15, -0.1) is 11.3 Å². The van der Waals surface area contributed by atoms with Crippen LogP contribution in [0, 0.1) is 0 Å². The molecule has 3 rings (SSSR count). The molecule has 0 fully saturated rings. The molecule has 2 aromatic heterocycles. The summed E-state index contributed by atoms with van der Waals surface area (Å²) in [4.78, 5) is 5.17. The molecule has 3 heterocycles. The van der Waals surface area contributed by atoms with Gasteiger partial charge in [0.2, 0.25) is 5.88 Å². The minimum absolute atomic E-state index is 0.789. The number of hydrogen-bond acceptors (Lipinski definition) is 4. The third-order valence-corrected chi connectivity index (χ3v) is 3.05. The minimum Gasteiger partial charge on any atom is -0.477 e. The second-order valence-corrected chi connectivity index (χ2v) is 4.04. The highest BCUT2D eigenvalue weighted by atomic mass is 32.1. The van der Waals surface area contributed by atoms with E-state index in [-0.39, 0.29) is 0 Å². The van der Waals surface area contributed by atoms with Gasteiger partial charge in [0.15, 0.2) is 0 Å². The highest BCUT2D eigenvalue weighted by Gasteiger charge is 2.17. The van der Waals surface area contributed by atoms with E-state index in [4.69, 9.17) is 4.74 Å². The quantitative estimate of drug-likeness (QED) is 0.715. The fourth-order valence-electron chi connectivity index (χ4n) is 1.59. The summed E-state index contributed by atoms with van der Waals surface area (Å²) in [5.41, 5.74) is 2.88. The van der Waals surface area contributed by atoms with Crippen molar-refractivity contribution in [3.05, 3.63) is 17.9 Å². The molecule has 0 N–H and O–H groups in total. The molecular weight excluding hydrogens is 198 g/mol. The van der Waals surface area contributed by atoms with Crippen LogP contribution >= 0.6 is 11.3 Å². The lowest BCUT2D eigenvalue weighted by molar-refractivity contribution is 0.231. The van der Waals surface area contributed by atoms with E-state index in [2.05, 4.69) is 10.1 Å². The van der Waals surface area contributed by atoms with Gasteiger partial charge in [-0.25, -0.2) is 4.68 Å². The van der Waals surface area contributed by atoms with Gasteiger partial charge in [0.1, 0.15) is 0 Å². The molecule has 1 aliphatic heterocycles. The fraction of sp³-hybridized carbons (Fsp3) is 0.333. The van der Waals surface area contributed by atoms with Crippen LogP contribution in [0.5, 0.6) is 5.88 Å². The zero-order valence-corrected chi connectivity index (χ0v) is 8.33. The minimum atomic E-state index is 0.789. The lowest BCUT2D eigenvalue weighted by Gasteiger charge is -2.15. The van der Waals surface area contributed by atoms with E-state index in [0.29, 0.717) is 0 Å². The third-order valence-electron chi connectivity index (χ3n) is 2.24. The van der Waals surface area contributed by atoms with Crippen molar-refractivity contribution >= 4 is 11.3 Å². The molecule has 0 bridgehead atoms. The van der Waals surface area contributed by atoms with Crippen LogP contribution in [0.25, 0.3) is 10.4 Å². The third kappa shape index (κ3) is 1.13. The molecule has 0 aromatic carbocycles. The Morgan fingerprint density at radius 2 is 2.43 bits per heavy atom. The first kappa shape index (κ1) is 7.99. The largest absolute Gasteiger partial charge is 0.477 e. The number of thiazole rings is 1. The maximum atomic E-state index is 5.60. The summed E-state index contributed by atoms with van der Waals surface area (Å²) in [6.07, 6.45) is 4.74. The highest BCUT2D eigenvalue weighted by molar-refractivity contribution is 7.13. The Morgan fingerprint density at radius 1 is 1.43 bits per heavy atom. The van der Waals surface area contributed by atoms with Gasteiger partial charge in [-0.1, -0.05) is 0 Å². The Kier molecular flexibility index (Phi) is 1.77. The number of rotatable bonds is 1. The van der Waals surface area contributed by atoms with Crippen LogP contribution in [-0.2, 0) is 6.54 Å². The molecule has 1 aliphatic rings. The second kappa shape index (κ2) is 3.09. The summed E-state index contributed by atoms with van der Waals surface area (Å²) < 4.78 is 7.51. The maximum absolute atomic E-state index is 5.60. The normalized spacial score (nSPS) is 14.9. The molecule has 0 saturated heterocycles. The smallest absolute Gasteiger partial charge is 0.220 e. The molecule has 0 saturated carbocycles. The first-order valence-corrected chi connectivity index (χ1v) is 5.40. The molecule has 0 aliphatic carbocycles. The van der Waals surface area contributed by atoms with E-state index < -0.39 is 0 Å². The van der Waals surface area contributed by atoms with Gasteiger partial charge in [0.05, 0.1) is 28.8 Å². The number of aryl methyl sites for hydroxylation is 1. The van der Waals surface area contributed by atoms with Crippen molar-refractivity contribution in [2.24, 2.45) is 0 Å². The first-order valence-electron chi connectivity index (χ1n) is 4.52. The fourth-order valence-corrected chi connectivity index (χ4v) is 2.21. The van der Waals surface area contributed by atoms with Crippen molar-refractivity contribution < 1.29 is 4.74 Å². The summed E-state index contributed by atoms with van der Waals surface area (Å²) in [7, 11) is 0. The SMILES string of the molecule is c1ncc(-c2cnn3c2OCCC3)s1. The van der Waals surface area contributed by atoms with Gasteiger partial charge in [-0.3, -0.25) is 4.98 Å². The Hall–Kier alpha value is -1.36. The van der Waals surface area contributed by atoms with Crippen molar-refractivity contribution in [1.82, 2.24) is 14.8 Å². The molecule has 14 heavy (non-hydrogen) atoms. The van der Waals surface area contributed by atoms with Crippen LogP contribution in [-0.4, -0.2) is 21.4 Å². The predicted molar refractivity (Wildman–Crippen MR) is 53.4 cm³/mol. The van der Waals surface area contributed by atoms with Gasteiger partial charge >= 0.3 is 0 Å². The summed E-state index contributed by atoms with van der Waals surface area (Å²) >= 11 is 1.61. The van der Waals surface area contributed by atoms with Crippen LogP contribution in [0.2, 0.25) is 0 Å². The van der Waals surface area contributed by atoms with E-state index in [9.17, 15) is 0 Å². The standard InChI is InChI=1S/C9H9N3OS/c1-2-12-9(13-3-1)7(4-11-12)8-5-10-6-14-8/h4-6H,1-3H2. The van der Waals surface area contributed by atoms with Crippen molar-refractivity contribution in [2.45, 2.75) is 13.0 Å². The van der Waals surface area contributed by atoms with Gasteiger partial charge in [-0.05, 0) is 0 Å². The Bertz CT molecular complexity index is 435. The predicted octanol–water partition coefficient (Wildman–Crippen LogP) is 1.79. The topological polar surface area (TPSA) is 39.9 Å². The zero-order chi connectivity index (χ0) is 9.38. The molecule has 4 nitrogen and oxygen atoms in total. The monoisotopic (exact) mass is 207 g/mol. The molecular formula is C9H9N3OS. The average Bonchev–Trinajstić information content (AvgIpc) is 2.85. The molecule has 5 heteroatoms. The molecule has 0 spiro atoms. The molecule has 0 atom stereocenters. The van der Waals surface area contributed by atoms with Gasteiger partial charge in [0, 0.05) is 19.2 Å². The van der Waals surface area contributed by atoms with Crippen molar-refractivity contribution in [3.8, 4) is 16.3 Å². The number of fused-ring (bicyclic) bond motifs is 1. The van der Waals surface area contributed by atoms with Crippen LogP contribution in [0.3, 0.4) is 0 Å². The van der Waals surface area contributed by atoms with Gasteiger partial charge in [-0.2, -0.15) is 5.10 Å². The summed E-state index contributed by atoms with van der Waals surface area (Å²) in [6.45, 7) is 1.74. The van der Waals surface area contributed by atoms with E-state index in [0.717, 1.165) is 35.9 Å². The molecule has 0 radical (unpaired) electrons. The number of aromatic nitrogens is 3. The van der Waals surface area contributed by atoms with Crippen molar-refractivity contribution in [1.29, 1.82) is 0 Å². The van der Waals surface area contributed by atoms with E-state index in [1.54, 1.807) is 11.3 Å². The lowest BCUT2D eigenvalue weighted by Crippen LogP contribution is -2.14. The number of ether oxygens (including phenoxy) is 1. The van der Waals surface area contributed by atoms with Gasteiger partial charge in [0.25, 0.3) is 0 Å². The maximum Gasteiger partial charge on any atom is 0.220 e. The molecule has 0 unspecified atom stereocenters. The average molecular weight is 207 g/mol. The first-order chi connectivity index (χ1) is 6.95. The highest BCUT2D eigenvalue weighted by Crippen LogP contribution is 2.33. The van der Waals surface area contributed by atoms with Crippen molar-refractivity contribution in [2.75, 3.05) is 6.61 Å². The number of hydrogen-bond donors (Lipinski definition) is 0. The lowest BCUT2D eigenvalue weighted by atomic mass is 10.3. The molecule has 2 aromatic rings. The molecule has 72 valence electrons. The van der Waals surface area contributed by atoms with Crippen molar-refractivity contribution in [3.63, 3.8) is 0 Å². The van der Waals surface area contributed by atoms with E-state index in [1.807, 2.05) is 22.6 Å². The second-order valence-electron chi connectivity index (χ2n) is 3.15. The summed E-state index contributed by atoms with van der Waals surface area (Å²) in [6, 6.07) is 0. The Balaban J connectivity index is 2.11. The van der Waals surface area contributed by atoms with Crippen LogP contribution < -0.4 is 4.74 Å².